The number of phenols is 1. The minimum Gasteiger partial charge on any atom is -0.504 e. The van der Waals surface area contributed by atoms with E-state index in [4.69, 9.17) is 31.9 Å². The van der Waals surface area contributed by atoms with Gasteiger partial charge in [-0.25, -0.2) is 14.8 Å². The minimum atomic E-state index is -4.88. The number of hydrogen-bond donors (Lipinski definition) is 9. The summed E-state index contributed by atoms with van der Waals surface area (Å²) in [5.41, 5.74) is 9.38. The zero-order valence-corrected chi connectivity index (χ0v) is 70.2. The number of piperidine rings is 1. The highest BCUT2D eigenvalue weighted by Crippen LogP contribution is 2.43. The molecular formula is C79H69Br2ClIN11O19S3. The number of azo groups is 2. The predicted octanol–water partition coefficient (Wildman–Crippen LogP) is 17.0. The molecule has 9 aromatic carbocycles. The summed E-state index contributed by atoms with van der Waals surface area (Å²) in [4.78, 5) is 70.0. The molecule has 116 heavy (non-hydrogen) atoms. The van der Waals surface area contributed by atoms with Crippen molar-refractivity contribution in [1.29, 1.82) is 0 Å². The molecule has 4 heterocycles. The largest absolute Gasteiger partial charge is 0.504 e. The molecule has 14 rings (SSSR count). The number of pyridine rings is 3. The second-order valence-corrected chi connectivity index (χ2v) is 34.1. The number of hydroxylamine groups is 2. The van der Waals surface area contributed by atoms with Crippen LogP contribution in [0.3, 0.4) is 0 Å². The number of carboxylic acids is 1. The zero-order valence-electron chi connectivity index (χ0n) is 61.7. The highest BCUT2D eigenvalue weighted by Gasteiger charge is 2.55. The number of methoxy groups -OCH3 is 1. The molecule has 0 radical (unpaired) electrons. The van der Waals surface area contributed by atoms with Gasteiger partial charge in [-0.05, 0) is 201 Å². The number of aromatic carboxylic acids is 1. The van der Waals surface area contributed by atoms with Gasteiger partial charge in [-0.2, -0.15) is 50.8 Å². The van der Waals surface area contributed by atoms with Gasteiger partial charge in [-0.1, -0.05) is 104 Å². The van der Waals surface area contributed by atoms with Gasteiger partial charge in [-0.15, -0.1) is 0 Å². The lowest BCUT2D eigenvalue weighted by Gasteiger charge is -2.52. The second-order valence-electron chi connectivity index (χ2n) is 26.4. The molecule has 1 fully saturated rings. The van der Waals surface area contributed by atoms with Crippen molar-refractivity contribution in [3.63, 3.8) is 0 Å². The van der Waals surface area contributed by atoms with Gasteiger partial charge in [0.1, 0.15) is 27.6 Å². The number of ether oxygens (including phenoxy) is 2. The number of nitrogens with two attached hydrogens (primary N) is 1. The van der Waals surface area contributed by atoms with Gasteiger partial charge in [0.25, 0.3) is 36.3 Å². The average Bonchev–Trinajstić information content (AvgIpc) is 0.758. The van der Waals surface area contributed by atoms with Gasteiger partial charge in [0.15, 0.2) is 29.1 Å². The van der Waals surface area contributed by atoms with Crippen LogP contribution in [0.1, 0.15) is 71.4 Å². The van der Waals surface area contributed by atoms with Crippen molar-refractivity contribution in [2.75, 3.05) is 36.6 Å². The smallest absolute Gasteiger partial charge is 0.355 e. The van der Waals surface area contributed by atoms with Crippen LogP contribution in [0, 0.1) is 3.57 Å². The summed E-state index contributed by atoms with van der Waals surface area (Å²) >= 11 is 14.9. The maximum absolute atomic E-state index is 12.9. The Morgan fingerprint density at radius 1 is 0.655 bits per heavy atom. The summed E-state index contributed by atoms with van der Waals surface area (Å²) in [7, 11) is -12.7. The molecule has 0 saturated carbocycles. The number of aromatic hydroxyl groups is 1. The molecule has 1 saturated heterocycles. The van der Waals surface area contributed by atoms with Crippen LogP contribution in [0.2, 0.25) is 5.02 Å². The van der Waals surface area contributed by atoms with Crippen LogP contribution in [0.4, 0.5) is 34.1 Å². The van der Waals surface area contributed by atoms with Gasteiger partial charge in [0, 0.05) is 70.3 Å². The number of nitrogen functional groups attached to an aromatic ring is 1. The molecule has 1 amide bonds. The third-order valence-corrected chi connectivity index (χ3v) is 24.7. The Bertz CT molecular complexity index is 6310. The fraction of sp³-hybridized carbons (Fsp3) is 0.165. The lowest BCUT2D eigenvalue weighted by molar-refractivity contribution is -0.231. The lowest BCUT2D eigenvalue weighted by atomic mass is 9.81. The van der Waals surface area contributed by atoms with Crippen LogP contribution in [0.5, 0.6) is 11.5 Å². The van der Waals surface area contributed by atoms with E-state index in [-0.39, 0.29) is 78.2 Å². The van der Waals surface area contributed by atoms with Crippen molar-refractivity contribution in [2.45, 2.75) is 71.2 Å². The molecule has 3 atom stereocenters. The Morgan fingerprint density at radius 3 is 1.93 bits per heavy atom. The van der Waals surface area contributed by atoms with E-state index >= 15 is 0 Å². The molecule has 37 heteroatoms. The topological polar surface area (TPSA) is 469 Å². The van der Waals surface area contributed by atoms with Crippen LogP contribution in [0.15, 0.2) is 237 Å². The maximum Gasteiger partial charge on any atom is 0.355 e. The average molecular weight is 1890 g/mol. The summed E-state index contributed by atoms with van der Waals surface area (Å²) in [5, 5.41) is 56.6. The van der Waals surface area contributed by atoms with Crippen molar-refractivity contribution in [3.8, 4) is 11.5 Å². The van der Waals surface area contributed by atoms with Crippen LogP contribution in [0.25, 0.3) is 59.2 Å². The number of rotatable bonds is 15. The molecule has 1 aliphatic carbocycles. The van der Waals surface area contributed by atoms with E-state index in [1.54, 1.807) is 87.0 Å². The lowest BCUT2D eigenvalue weighted by Crippen LogP contribution is -2.69. The molecule has 30 nitrogen and oxygen atoms in total. The minimum absolute atomic E-state index is 0.0580. The molecule has 10 N–H and O–H groups in total. The summed E-state index contributed by atoms with van der Waals surface area (Å²) in [6.45, 7) is 9.55. The first-order valence-corrected chi connectivity index (χ1v) is 41.9. The second kappa shape index (κ2) is 36.6. The highest BCUT2D eigenvalue weighted by atomic mass is 127. The molecule has 1 aliphatic heterocycles. The van der Waals surface area contributed by atoms with Crippen LogP contribution >= 0.6 is 66.1 Å². The highest BCUT2D eigenvalue weighted by molar-refractivity contribution is 14.1. The monoisotopic (exact) mass is 1890 g/mol. The number of alkyl halides is 2. The van der Waals surface area contributed by atoms with Gasteiger partial charge < -0.3 is 41.3 Å². The number of carbonyl (C=O) groups excluding carboxylic acids is 4. The molecule has 12 aromatic rings. The number of amides is 1. The number of nitrogens with one attached hydrogen (secondary N) is 2. The number of halogens is 4. The van der Waals surface area contributed by atoms with Crippen molar-refractivity contribution in [3.05, 3.63) is 238 Å². The number of phenolic OH excluding ortho intramolecular Hbond substituents is 1. The first-order valence-electron chi connectivity index (χ1n) is 34.3. The van der Waals surface area contributed by atoms with Crippen LogP contribution in [-0.4, -0.2) is 151 Å². The first-order chi connectivity index (χ1) is 54.7. The third-order valence-electron chi connectivity index (χ3n) is 17.8. The number of benzene rings is 9. The number of nitrogens with zero attached hydrogens (tertiary/aromatic N) is 8. The van der Waals surface area contributed by atoms with Crippen LogP contribution in [-0.2, 0) is 44.7 Å². The Balaban J connectivity index is 0.000000180. The Morgan fingerprint density at radius 2 is 1.28 bits per heavy atom. The molecule has 0 spiro atoms. The molecule has 3 unspecified atom stereocenters. The number of carbonyl (C=O) groups is 5. The summed E-state index contributed by atoms with van der Waals surface area (Å²) < 4.78 is 111. The SMILES string of the molecule is CC1(C)C(Br)C(=O)C(Br)C(C)(C)N1O.CCOC(=O)CNc1c2ccc(Cl)cc2nc2ccc(OC)cc12.Nc1cc(I)c2cccnc2c1O.O=C(Nc1ccc(N=Nc2ccc3cc(S(=O)(=O)O)cc(S(=O)(=O)O)c3c2)cc1)c1ccc(N=NC2C=C(S(=O)(=O)O)c3ccccc3C2=O)cc1.O=C(O)c1nccc2ccccc12. The van der Waals surface area contributed by atoms with E-state index in [0.29, 0.717) is 45.7 Å². The Kier molecular flexibility index (Phi) is 27.7. The summed E-state index contributed by atoms with van der Waals surface area (Å²) in [6.07, 6.45) is 4.17. The van der Waals surface area contributed by atoms with Gasteiger partial charge >= 0.3 is 11.9 Å². The van der Waals surface area contributed by atoms with E-state index in [2.05, 4.69) is 100 Å². The Hall–Kier alpha value is -10.8. The van der Waals surface area contributed by atoms with E-state index < -0.39 is 79.8 Å². The summed E-state index contributed by atoms with van der Waals surface area (Å²) in [5.74, 6) is -1.42. The molecule has 0 bridgehead atoms. The normalized spacial score (nSPS) is 15.8. The fourth-order valence-electron chi connectivity index (χ4n) is 12.0. The van der Waals surface area contributed by atoms with Gasteiger partial charge in [0.05, 0.1) is 78.8 Å². The number of fused-ring (bicyclic) bond motifs is 6. The number of carboxylic acid groups (broad SMARTS) is 1. The fourth-order valence-corrected chi connectivity index (χ4v) is 16.3. The van der Waals surface area contributed by atoms with E-state index in [0.717, 1.165) is 59.7 Å². The zero-order chi connectivity index (χ0) is 84.5. The molecule has 2 aliphatic rings. The van der Waals surface area contributed by atoms with Gasteiger partial charge in [0.2, 0.25) is 0 Å². The van der Waals surface area contributed by atoms with E-state index in [1.165, 1.54) is 71.9 Å². The van der Waals surface area contributed by atoms with Crippen molar-refractivity contribution < 1.29 is 87.8 Å². The van der Waals surface area contributed by atoms with Crippen molar-refractivity contribution in [2.24, 2.45) is 20.5 Å². The summed E-state index contributed by atoms with van der Waals surface area (Å²) in [6, 6.07) is 48.0. The molecule has 3 aromatic heterocycles. The quantitative estimate of drug-likeness (QED) is 0.00673. The van der Waals surface area contributed by atoms with E-state index in [1.807, 2.05) is 76.2 Å². The van der Waals surface area contributed by atoms with Crippen LogP contribution < -0.4 is 21.1 Å². The van der Waals surface area contributed by atoms with E-state index in [9.17, 15) is 73.2 Å². The van der Waals surface area contributed by atoms with Crippen molar-refractivity contribution in [1.82, 2.24) is 20.0 Å². The number of Topliss-reactive ketones (excluding diaryl/α,β-unsaturated/α-hetero) is 2. The van der Waals surface area contributed by atoms with Gasteiger partial charge in [-0.3, -0.25) is 37.8 Å². The Labute approximate surface area is 698 Å². The number of hydrogen-bond acceptors (Lipinski definition) is 25. The maximum atomic E-state index is 12.9. The van der Waals surface area contributed by atoms with Crippen molar-refractivity contribution >= 4 is 219 Å². The third kappa shape index (κ3) is 20.5. The molecule has 600 valence electrons. The number of ketones is 2. The predicted molar refractivity (Wildman–Crippen MR) is 455 cm³/mol. The number of anilines is 3. The standard InChI is InChI=1S/C33H23N5O11S3.C18H17ClN2O3.C10H7NO2.C9H15Br2NO2.C9H7IN2O/c39-32-27-4-2-1-3-26(27)31(52(47,48)49)18-29(32)38-36-22-8-5-19(6-9-22)33(40)34-21-11-13-23(14-12-21)35-37-24-10-7-20-15-25(50(41,42)43)17-30(28(20)16-24)51(44,45)46;1-3-24-17(22)10-20-18-13-6-4-11(19)8-16(13)21-15-7-5-12(23-2)9-14(15)18;12-10(13)9-8-4-2-1-3-7(8)5-6-11-9;1-8(2)6(10)5(13)7(11)9(3,4)12(8)14;10-6-4-7(11)9(13)8-5(6)2-1-3-12-8/h1-18,29H,(H,34,40)(H,41,42,43)(H,44,45,46)(H,47,48,49);4-9H,3,10H2,1-2H3,(H,20,21);1-6H,(H,12,13);6-7,14H,1-4H3;1-4,13H,11H2. The number of esters is 1. The molecular weight excluding hydrogens is 1830 g/mol. The number of aromatic nitrogens is 3. The first kappa shape index (κ1) is 87.6.